The van der Waals surface area contributed by atoms with Gasteiger partial charge in [0.15, 0.2) is 11.5 Å². The fraction of sp³-hybridized carbons (Fsp3) is 0.250. The fourth-order valence-corrected chi connectivity index (χ4v) is 1.54. The van der Waals surface area contributed by atoms with Gasteiger partial charge in [-0.1, -0.05) is 6.07 Å². The number of halogens is 1. The summed E-state index contributed by atoms with van der Waals surface area (Å²) < 4.78 is 11.3. The third kappa shape index (κ3) is 1.77. The first-order valence-electron chi connectivity index (χ1n) is 3.16. The predicted octanol–water partition coefficient (Wildman–Crippen LogP) is 2.31. The highest BCUT2D eigenvalue weighted by atomic mass is 127. The van der Waals surface area contributed by atoms with E-state index in [9.17, 15) is 0 Å². The molecule has 0 bridgehead atoms. The molecule has 0 amide bonds. The molecule has 11 heavy (non-hydrogen) atoms. The third-order valence-electron chi connectivity index (χ3n) is 1.35. The first-order valence-corrected chi connectivity index (χ1v) is 4.24. The van der Waals surface area contributed by atoms with Crippen molar-refractivity contribution in [2.45, 2.75) is 0 Å². The molecule has 0 aliphatic carbocycles. The number of para-hydroxylation sites is 1. The maximum absolute atomic E-state index is 5.13. The zero-order valence-corrected chi connectivity index (χ0v) is 8.58. The van der Waals surface area contributed by atoms with Gasteiger partial charge in [-0.15, -0.1) is 0 Å². The summed E-state index contributed by atoms with van der Waals surface area (Å²) >= 11 is 2.20. The number of hydrogen-bond donors (Lipinski definition) is 0. The van der Waals surface area contributed by atoms with E-state index in [0.29, 0.717) is 0 Å². The Balaban J connectivity index is 3.13. The molecule has 0 heterocycles. The van der Waals surface area contributed by atoms with Crippen LogP contribution < -0.4 is 9.47 Å². The lowest BCUT2D eigenvalue weighted by Crippen LogP contribution is -1.91. The third-order valence-corrected chi connectivity index (χ3v) is 2.20. The van der Waals surface area contributed by atoms with Gasteiger partial charge >= 0.3 is 0 Å². The van der Waals surface area contributed by atoms with Gasteiger partial charge in [-0.3, -0.25) is 0 Å². The van der Waals surface area contributed by atoms with E-state index in [1.807, 2.05) is 18.2 Å². The summed E-state index contributed by atoms with van der Waals surface area (Å²) in [5.74, 6) is 1.58. The van der Waals surface area contributed by atoms with Crippen molar-refractivity contribution in [1.29, 1.82) is 0 Å². The van der Waals surface area contributed by atoms with Crippen LogP contribution in [-0.2, 0) is 0 Å². The number of rotatable bonds is 2. The standard InChI is InChI=1S/C8H9IO2/c1-10-7-5-3-4-6(9)8(7)11-2/h3-5H,1-2H3. The maximum Gasteiger partial charge on any atom is 0.174 e. The molecule has 0 spiro atoms. The molecule has 0 N–H and O–H groups in total. The average Bonchev–Trinajstić information content (AvgIpc) is 2.04. The molecular weight excluding hydrogens is 255 g/mol. The van der Waals surface area contributed by atoms with E-state index in [0.717, 1.165) is 15.1 Å². The molecule has 0 aliphatic rings. The molecule has 0 saturated heterocycles. The van der Waals surface area contributed by atoms with E-state index in [1.165, 1.54) is 0 Å². The molecule has 1 rings (SSSR count). The Bertz CT molecular complexity index is 248. The summed E-state index contributed by atoms with van der Waals surface area (Å²) in [7, 11) is 3.27. The van der Waals surface area contributed by atoms with Crippen LogP contribution in [0.3, 0.4) is 0 Å². The van der Waals surface area contributed by atoms with Gasteiger partial charge in [-0.25, -0.2) is 0 Å². The Morgan fingerprint density at radius 1 is 1.18 bits per heavy atom. The Morgan fingerprint density at radius 3 is 2.36 bits per heavy atom. The van der Waals surface area contributed by atoms with Crippen molar-refractivity contribution in [3.8, 4) is 11.5 Å². The lowest BCUT2D eigenvalue weighted by Gasteiger charge is -2.07. The van der Waals surface area contributed by atoms with Crippen LogP contribution in [0.1, 0.15) is 0 Å². The average molecular weight is 264 g/mol. The van der Waals surface area contributed by atoms with Crippen LogP contribution in [-0.4, -0.2) is 14.2 Å². The van der Waals surface area contributed by atoms with E-state index >= 15 is 0 Å². The van der Waals surface area contributed by atoms with Crippen molar-refractivity contribution >= 4 is 22.6 Å². The number of methoxy groups -OCH3 is 2. The van der Waals surface area contributed by atoms with E-state index in [1.54, 1.807) is 14.2 Å². The number of benzene rings is 1. The molecule has 60 valence electrons. The lowest BCUT2D eigenvalue weighted by molar-refractivity contribution is 0.353. The Kier molecular flexibility index (Phi) is 2.99. The normalized spacial score (nSPS) is 9.36. The molecule has 1 aromatic rings. The Labute approximate surface area is 79.7 Å². The second-order valence-electron chi connectivity index (χ2n) is 1.98. The molecule has 0 atom stereocenters. The molecule has 0 saturated carbocycles. The predicted molar refractivity (Wildman–Crippen MR) is 52.3 cm³/mol. The summed E-state index contributed by atoms with van der Waals surface area (Å²) in [5.41, 5.74) is 0. The van der Waals surface area contributed by atoms with Gasteiger partial charge in [-0.05, 0) is 34.7 Å². The van der Waals surface area contributed by atoms with E-state index in [2.05, 4.69) is 22.6 Å². The lowest BCUT2D eigenvalue weighted by atomic mass is 10.3. The summed E-state index contributed by atoms with van der Waals surface area (Å²) in [6.07, 6.45) is 0. The Hall–Kier alpha value is -0.450. The van der Waals surface area contributed by atoms with Crippen molar-refractivity contribution in [3.63, 3.8) is 0 Å². The van der Waals surface area contributed by atoms with Gasteiger partial charge in [-0.2, -0.15) is 0 Å². The second-order valence-corrected chi connectivity index (χ2v) is 3.14. The van der Waals surface area contributed by atoms with Gasteiger partial charge < -0.3 is 9.47 Å². The summed E-state index contributed by atoms with van der Waals surface area (Å²) in [5, 5.41) is 0. The molecule has 1 aromatic carbocycles. The topological polar surface area (TPSA) is 18.5 Å². The molecular formula is C8H9IO2. The van der Waals surface area contributed by atoms with Crippen molar-refractivity contribution in [1.82, 2.24) is 0 Å². The maximum atomic E-state index is 5.13. The zero-order valence-electron chi connectivity index (χ0n) is 6.43. The molecule has 0 unspecified atom stereocenters. The van der Waals surface area contributed by atoms with Crippen molar-refractivity contribution in [2.24, 2.45) is 0 Å². The van der Waals surface area contributed by atoms with E-state index in [-0.39, 0.29) is 0 Å². The highest BCUT2D eigenvalue weighted by Gasteiger charge is 2.04. The van der Waals surface area contributed by atoms with Crippen LogP contribution in [0.4, 0.5) is 0 Å². The summed E-state index contributed by atoms with van der Waals surface area (Å²) in [6.45, 7) is 0. The van der Waals surface area contributed by atoms with Crippen LogP contribution in [0, 0.1) is 3.57 Å². The van der Waals surface area contributed by atoms with Crippen molar-refractivity contribution in [3.05, 3.63) is 21.8 Å². The van der Waals surface area contributed by atoms with Gasteiger partial charge in [0.05, 0.1) is 17.8 Å². The first-order chi connectivity index (χ1) is 5.29. The minimum atomic E-state index is 0.777. The minimum Gasteiger partial charge on any atom is -0.493 e. The fourth-order valence-electron chi connectivity index (χ4n) is 0.848. The molecule has 3 heteroatoms. The van der Waals surface area contributed by atoms with Crippen molar-refractivity contribution in [2.75, 3.05) is 14.2 Å². The Morgan fingerprint density at radius 2 is 1.91 bits per heavy atom. The van der Waals surface area contributed by atoms with Crippen LogP contribution in [0.5, 0.6) is 11.5 Å². The molecule has 2 nitrogen and oxygen atoms in total. The number of hydrogen-bond acceptors (Lipinski definition) is 2. The molecule has 0 aliphatic heterocycles. The van der Waals surface area contributed by atoms with Crippen LogP contribution in [0.25, 0.3) is 0 Å². The minimum absolute atomic E-state index is 0.777. The summed E-state index contributed by atoms with van der Waals surface area (Å²) in [6, 6.07) is 5.78. The summed E-state index contributed by atoms with van der Waals surface area (Å²) in [4.78, 5) is 0. The molecule has 0 fully saturated rings. The smallest absolute Gasteiger partial charge is 0.174 e. The SMILES string of the molecule is COc1cccc(I)c1OC. The van der Waals surface area contributed by atoms with E-state index in [4.69, 9.17) is 9.47 Å². The monoisotopic (exact) mass is 264 g/mol. The molecule has 0 aromatic heterocycles. The van der Waals surface area contributed by atoms with Crippen LogP contribution >= 0.6 is 22.6 Å². The first kappa shape index (κ1) is 8.64. The highest BCUT2D eigenvalue weighted by Crippen LogP contribution is 2.31. The van der Waals surface area contributed by atoms with E-state index < -0.39 is 0 Å². The molecule has 0 radical (unpaired) electrons. The van der Waals surface area contributed by atoms with Crippen molar-refractivity contribution < 1.29 is 9.47 Å². The van der Waals surface area contributed by atoms with Gasteiger partial charge in [0.2, 0.25) is 0 Å². The zero-order chi connectivity index (χ0) is 8.27. The van der Waals surface area contributed by atoms with Crippen LogP contribution in [0.15, 0.2) is 18.2 Å². The van der Waals surface area contributed by atoms with Gasteiger partial charge in [0.1, 0.15) is 0 Å². The van der Waals surface area contributed by atoms with Gasteiger partial charge in [0, 0.05) is 0 Å². The second kappa shape index (κ2) is 3.80. The van der Waals surface area contributed by atoms with Crippen LogP contribution in [0.2, 0.25) is 0 Å². The van der Waals surface area contributed by atoms with Gasteiger partial charge in [0.25, 0.3) is 0 Å². The highest BCUT2D eigenvalue weighted by molar-refractivity contribution is 14.1. The quantitative estimate of drug-likeness (QED) is 0.763. The largest absolute Gasteiger partial charge is 0.493 e. The number of ether oxygens (including phenoxy) is 2.